The molecular formula is C19H26N2O4. The van der Waals surface area contributed by atoms with Crippen LogP contribution in [0, 0.1) is 13.8 Å². The van der Waals surface area contributed by atoms with Crippen LogP contribution in [0.15, 0.2) is 28.9 Å². The predicted molar refractivity (Wildman–Crippen MR) is 94.5 cm³/mol. The lowest BCUT2D eigenvalue weighted by Crippen LogP contribution is -2.29. The first kappa shape index (κ1) is 18.8. The van der Waals surface area contributed by atoms with Crippen LogP contribution in [0.1, 0.15) is 53.7 Å². The average molecular weight is 346 g/mol. The highest BCUT2D eigenvalue weighted by atomic mass is 16.5. The zero-order valence-corrected chi connectivity index (χ0v) is 15.1. The second kappa shape index (κ2) is 9.11. The number of nitrogens with zero attached hydrogens (tertiary/aromatic N) is 1. The standard InChI is InChI=1S/C19H26N2O4/c1-4-5-6-9-20-18(22)13-25-19(23)17-11-14(2)21(15(17)3)12-16-8-7-10-24-16/h7-8,10-11H,4-6,9,12-13H2,1-3H3,(H,20,22). The Morgan fingerprint density at radius 3 is 2.76 bits per heavy atom. The monoisotopic (exact) mass is 346 g/mol. The van der Waals surface area contributed by atoms with Crippen LogP contribution in [0.3, 0.4) is 0 Å². The molecule has 0 aliphatic heterocycles. The quantitative estimate of drug-likeness (QED) is 0.559. The number of hydrogen-bond acceptors (Lipinski definition) is 4. The largest absolute Gasteiger partial charge is 0.467 e. The van der Waals surface area contributed by atoms with Gasteiger partial charge in [0.05, 0.1) is 18.4 Å². The molecule has 0 fully saturated rings. The van der Waals surface area contributed by atoms with E-state index in [-0.39, 0.29) is 12.5 Å². The Bertz CT molecular complexity index is 701. The number of aryl methyl sites for hydroxylation is 1. The van der Waals surface area contributed by atoms with Crippen molar-refractivity contribution in [3.8, 4) is 0 Å². The number of hydrogen-bond donors (Lipinski definition) is 1. The van der Waals surface area contributed by atoms with E-state index >= 15 is 0 Å². The summed E-state index contributed by atoms with van der Waals surface area (Å²) in [5, 5.41) is 2.75. The lowest BCUT2D eigenvalue weighted by Gasteiger charge is -2.08. The summed E-state index contributed by atoms with van der Waals surface area (Å²) in [6.45, 7) is 6.79. The summed E-state index contributed by atoms with van der Waals surface area (Å²) in [5.41, 5.74) is 2.20. The summed E-state index contributed by atoms with van der Waals surface area (Å²) >= 11 is 0. The van der Waals surface area contributed by atoms with E-state index in [1.165, 1.54) is 0 Å². The Labute approximate surface area is 148 Å². The Morgan fingerprint density at radius 2 is 2.08 bits per heavy atom. The molecule has 2 heterocycles. The van der Waals surface area contributed by atoms with Crippen molar-refractivity contribution in [3.05, 3.63) is 47.2 Å². The van der Waals surface area contributed by atoms with E-state index in [0.29, 0.717) is 18.7 Å². The van der Waals surface area contributed by atoms with Crippen molar-refractivity contribution in [2.45, 2.75) is 46.6 Å². The third-order valence-electron chi connectivity index (χ3n) is 4.12. The lowest BCUT2D eigenvalue weighted by molar-refractivity contribution is -0.124. The van der Waals surface area contributed by atoms with Gasteiger partial charge in [-0.25, -0.2) is 4.79 Å². The molecular weight excluding hydrogens is 320 g/mol. The molecule has 0 bridgehead atoms. The molecule has 0 radical (unpaired) electrons. The summed E-state index contributed by atoms with van der Waals surface area (Å²) in [5.74, 6) is 0.0597. The summed E-state index contributed by atoms with van der Waals surface area (Å²) < 4.78 is 12.5. The summed E-state index contributed by atoms with van der Waals surface area (Å²) in [6.07, 6.45) is 4.72. The Morgan fingerprint density at radius 1 is 1.28 bits per heavy atom. The summed E-state index contributed by atoms with van der Waals surface area (Å²) in [6, 6.07) is 5.50. The molecule has 0 unspecified atom stereocenters. The molecule has 136 valence electrons. The van der Waals surface area contributed by atoms with Crippen LogP contribution in [-0.2, 0) is 16.1 Å². The number of nitrogens with one attached hydrogen (secondary N) is 1. The van der Waals surface area contributed by atoms with Gasteiger partial charge in [0.2, 0.25) is 0 Å². The van der Waals surface area contributed by atoms with Crippen LogP contribution in [-0.4, -0.2) is 29.6 Å². The highest BCUT2D eigenvalue weighted by Crippen LogP contribution is 2.18. The molecule has 2 aromatic rings. The molecule has 2 rings (SSSR count). The van der Waals surface area contributed by atoms with E-state index in [0.717, 1.165) is 36.4 Å². The van der Waals surface area contributed by atoms with Gasteiger partial charge in [0, 0.05) is 17.9 Å². The highest BCUT2D eigenvalue weighted by Gasteiger charge is 2.18. The number of aromatic nitrogens is 1. The molecule has 0 spiro atoms. The number of ether oxygens (including phenoxy) is 1. The second-order valence-corrected chi connectivity index (χ2v) is 6.08. The van der Waals surface area contributed by atoms with Crippen molar-refractivity contribution in [2.24, 2.45) is 0 Å². The number of carbonyl (C=O) groups excluding carboxylic acids is 2. The van der Waals surface area contributed by atoms with Gasteiger partial charge in [-0.15, -0.1) is 0 Å². The van der Waals surface area contributed by atoms with Crippen molar-refractivity contribution in [1.82, 2.24) is 9.88 Å². The molecule has 6 nitrogen and oxygen atoms in total. The lowest BCUT2D eigenvalue weighted by atomic mass is 10.2. The maximum atomic E-state index is 12.3. The minimum atomic E-state index is -0.484. The van der Waals surface area contributed by atoms with E-state index in [2.05, 4.69) is 12.2 Å². The SMILES string of the molecule is CCCCCNC(=O)COC(=O)c1cc(C)n(Cc2ccco2)c1C. The molecule has 1 amide bonds. The van der Waals surface area contributed by atoms with Crippen molar-refractivity contribution in [2.75, 3.05) is 13.2 Å². The van der Waals surface area contributed by atoms with E-state index in [4.69, 9.17) is 9.15 Å². The van der Waals surface area contributed by atoms with Crippen LogP contribution in [0.2, 0.25) is 0 Å². The molecule has 6 heteroatoms. The van der Waals surface area contributed by atoms with Gasteiger partial charge in [-0.1, -0.05) is 19.8 Å². The van der Waals surface area contributed by atoms with Crippen molar-refractivity contribution < 1.29 is 18.7 Å². The first-order valence-electron chi connectivity index (χ1n) is 8.65. The fourth-order valence-corrected chi connectivity index (χ4v) is 2.67. The second-order valence-electron chi connectivity index (χ2n) is 6.08. The maximum Gasteiger partial charge on any atom is 0.340 e. The van der Waals surface area contributed by atoms with Gasteiger partial charge in [-0.05, 0) is 38.5 Å². The topological polar surface area (TPSA) is 73.5 Å². The maximum absolute atomic E-state index is 12.3. The zero-order valence-electron chi connectivity index (χ0n) is 15.1. The van der Waals surface area contributed by atoms with Gasteiger partial charge >= 0.3 is 5.97 Å². The van der Waals surface area contributed by atoms with Gasteiger partial charge in [0.25, 0.3) is 5.91 Å². The molecule has 0 aliphatic rings. The smallest absolute Gasteiger partial charge is 0.340 e. The molecule has 25 heavy (non-hydrogen) atoms. The number of amides is 1. The Hall–Kier alpha value is -2.50. The number of furan rings is 1. The Kier molecular flexibility index (Phi) is 6.86. The Balaban J connectivity index is 1.90. The van der Waals surface area contributed by atoms with Crippen LogP contribution in [0.25, 0.3) is 0 Å². The summed E-state index contributed by atoms with van der Waals surface area (Å²) in [4.78, 5) is 24.0. The van der Waals surface area contributed by atoms with Crippen LogP contribution in [0.4, 0.5) is 0 Å². The van der Waals surface area contributed by atoms with E-state index in [1.807, 2.05) is 30.5 Å². The molecule has 0 aliphatic carbocycles. The van der Waals surface area contributed by atoms with Gasteiger partial charge in [-0.3, -0.25) is 4.79 Å². The molecule has 0 atom stereocenters. The molecule has 2 aromatic heterocycles. The van der Waals surface area contributed by atoms with Gasteiger partial charge in [-0.2, -0.15) is 0 Å². The van der Waals surface area contributed by atoms with Crippen LogP contribution in [0.5, 0.6) is 0 Å². The minimum Gasteiger partial charge on any atom is -0.467 e. The van der Waals surface area contributed by atoms with E-state index in [9.17, 15) is 9.59 Å². The summed E-state index contributed by atoms with van der Waals surface area (Å²) in [7, 11) is 0. The first-order valence-corrected chi connectivity index (χ1v) is 8.65. The fraction of sp³-hybridized carbons (Fsp3) is 0.474. The molecule has 0 saturated carbocycles. The van der Waals surface area contributed by atoms with Crippen molar-refractivity contribution in [3.63, 3.8) is 0 Å². The van der Waals surface area contributed by atoms with Gasteiger partial charge < -0.3 is 19.0 Å². The first-order chi connectivity index (χ1) is 12.0. The van der Waals surface area contributed by atoms with Crippen LogP contribution >= 0.6 is 0 Å². The zero-order chi connectivity index (χ0) is 18.2. The number of carbonyl (C=O) groups is 2. The van der Waals surface area contributed by atoms with E-state index < -0.39 is 5.97 Å². The fourth-order valence-electron chi connectivity index (χ4n) is 2.67. The highest BCUT2D eigenvalue weighted by molar-refractivity contribution is 5.92. The minimum absolute atomic E-state index is 0.257. The predicted octanol–water partition coefficient (Wildman–Crippen LogP) is 3.21. The van der Waals surface area contributed by atoms with E-state index in [1.54, 1.807) is 12.3 Å². The third-order valence-corrected chi connectivity index (χ3v) is 4.12. The van der Waals surface area contributed by atoms with Gasteiger partial charge in [0.1, 0.15) is 5.76 Å². The average Bonchev–Trinajstić information content (AvgIpc) is 3.20. The van der Waals surface area contributed by atoms with Gasteiger partial charge in [0.15, 0.2) is 6.61 Å². The normalized spacial score (nSPS) is 10.7. The molecule has 1 N–H and O–H groups in total. The number of rotatable bonds is 9. The third kappa shape index (κ3) is 5.24. The van der Waals surface area contributed by atoms with Crippen molar-refractivity contribution in [1.29, 1.82) is 0 Å². The molecule has 0 aromatic carbocycles. The molecule has 0 saturated heterocycles. The number of unbranched alkanes of at least 4 members (excludes halogenated alkanes) is 2. The van der Waals surface area contributed by atoms with Crippen molar-refractivity contribution >= 4 is 11.9 Å². The number of esters is 1. The van der Waals surface area contributed by atoms with Crippen LogP contribution < -0.4 is 5.32 Å².